The van der Waals surface area contributed by atoms with Crippen molar-refractivity contribution >= 4 is 21.6 Å². The second-order valence-electron chi connectivity index (χ2n) is 7.96. The molecule has 4 rings (SSSR count). The summed E-state index contributed by atoms with van der Waals surface area (Å²) in [5.74, 6) is 0.0990. The lowest BCUT2D eigenvalue weighted by molar-refractivity contribution is -0.127. The minimum absolute atomic E-state index is 0.0816. The van der Waals surface area contributed by atoms with E-state index in [1.807, 2.05) is 6.92 Å². The van der Waals surface area contributed by atoms with Crippen molar-refractivity contribution in [3.8, 4) is 11.5 Å². The number of rotatable bonds is 7. The number of carbonyl (C=O) groups is 1. The van der Waals surface area contributed by atoms with E-state index in [2.05, 4.69) is 5.32 Å². The lowest BCUT2D eigenvalue weighted by Crippen LogP contribution is -2.51. The first kappa shape index (κ1) is 23.6. The highest BCUT2D eigenvalue weighted by Gasteiger charge is 2.37. The van der Waals surface area contributed by atoms with Gasteiger partial charge >= 0.3 is 0 Å². The van der Waals surface area contributed by atoms with Crippen LogP contribution >= 0.6 is 0 Å². The Kier molecular flexibility index (Phi) is 6.74. The Bertz CT molecular complexity index is 1280. The molecule has 0 radical (unpaired) electrons. The van der Waals surface area contributed by atoms with E-state index in [0.29, 0.717) is 30.2 Å². The molecule has 1 aliphatic heterocycles. The van der Waals surface area contributed by atoms with E-state index in [1.54, 1.807) is 42.5 Å². The zero-order chi connectivity index (χ0) is 24.3. The van der Waals surface area contributed by atoms with E-state index in [-0.39, 0.29) is 17.3 Å². The fraction of sp³-hybridized carbons (Fsp3) is 0.240. The molecule has 1 amide bonds. The van der Waals surface area contributed by atoms with Gasteiger partial charge in [0, 0.05) is 6.54 Å². The number of fused-ring (bicyclic) bond motifs is 1. The second-order valence-corrected chi connectivity index (χ2v) is 9.82. The van der Waals surface area contributed by atoms with Gasteiger partial charge in [-0.1, -0.05) is 18.2 Å². The number of carbonyl (C=O) groups excluding carboxylic acids is 1. The van der Waals surface area contributed by atoms with E-state index in [9.17, 15) is 17.6 Å². The Morgan fingerprint density at radius 1 is 1.12 bits per heavy atom. The van der Waals surface area contributed by atoms with Crippen LogP contribution in [0.25, 0.3) is 0 Å². The second kappa shape index (κ2) is 9.72. The quantitative estimate of drug-likeness (QED) is 0.555. The maximum atomic E-state index is 13.5. The molecule has 1 heterocycles. The van der Waals surface area contributed by atoms with Gasteiger partial charge in [0.05, 0.1) is 24.2 Å². The Hall–Kier alpha value is -3.59. The van der Waals surface area contributed by atoms with Gasteiger partial charge in [0.2, 0.25) is 0 Å². The van der Waals surface area contributed by atoms with E-state index in [4.69, 9.17) is 9.47 Å². The van der Waals surface area contributed by atoms with Gasteiger partial charge in [-0.05, 0) is 73.0 Å². The van der Waals surface area contributed by atoms with Gasteiger partial charge in [0.25, 0.3) is 15.9 Å². The Labute approximate surface area is 198 Å². The molecule has 0 saturated heterocycles. The van der Waals surface area contributed by atoms with Crippen LogP contribution in [0.5, 0.6) is 11.5 Å². The third kappa shape index (κ3) is 4.99. The van der Waals surface area contributed by atoms with E-state index in [1.165, 1.54) is 35.7 Å². The maximum Gasteiger partial charge on any atom is 0.264 e. The van der Waals surface area contributed by atoms with Gasteiger partial charge in [0.15, 0.2) is 6.10 Å². The molecular formula is C25H25FN2O5S. The molecule has 1 aliphatic rings. The summed E-state index contributed by atoms with van der Waals surface area (Å²) in [6.07, 6.45) is -0.529. The lowest BCUT2D eigenvalue weighted by atomic mass is 10.1. The number of nitrogens with one attached hydrogen (secondary N) is 1. The minimum atomic E-state index is -3.97. The summed E-state index contributed by atoms with van der Waals surface area (Å²) in [4.78, 5) is 13.0. The predicted molar refractivity (Wildman–Crippen MR) is 126 cm³/mol. The number of ether oxygens (including phenoxy) is 2. The molecular weight excluding hydrogens is 459 g/mol. The number of anilines is 1. The van der Waals surface area contributed by atoms with Crippen LogP contribution < -0.4 is 19.1 Å². The molecule has 0 unspecified atom stereocenters. The highest BCUT2D eigenvalue weighted by Crippen LogP contribution is 2.38. The highest BCUT2D eigenvalue weighted by molar-refractivity contribution is 7.92. The van der Waals surface area contributed by atoms with Crippen molar-refractivity contribution in [3.05, 3.63) is 83.7 Å². The SMILES string of the molecule is COc1ccc(S(=O)(=O)N2C[C@@H](C(=O)NCCc3ccc(F)cc3)Oc3ccc(C)cc32)cc1. The molecule has 1 atom stereocenters. The predicted octanol–water partition coefficient (Wildman–Crippen LogP) is 3.46. The summed E-state index contributed by atoms with van der Waals surface area (Å²) in [5.41, 5.74) is 2.11. The van der Waals surface area contributed by atoms with Crippen LogP contribution in [-0.4, -0.2) is 40.6 Å². The number of sulfonamides is 1. The van der Waals surface area contributed by atoms with Crippen molar-refractivity contribution in [2.75, 3.05) is 24.5 Å². The van der Waals surface area contributed by atoms with Gasteiger partial charge in [0.1, 0.15) is 17.3 Å². The zero-order valence-electron chi connectivity index (χ0n) is 18.8. The number of methoxy groups -OCH3 is 1. The van der Waals surface area contributed by atoms with Gasteiger partial charge in [-0.25, -0.2) is 12.8 Å². The third-order valence-electron chi connectivity index (χ3n) is 5.55. The highest BCUT2D eigenvalue weighted by atomic mass is 32.2. The Morgan fingerprint density at radius 3 is 2.50 bits per heavy atom. The number of amides is 1. The van der Waals surface area contributed by atoms with Crippen molar-refractivity contribution in [3.63, 3.8) is 0 Å². The first-order valence-electron chi connectivity index (χ1n) is 10.7. The summed E-state index contributed by atoms with van der Waals surface area (Å²) >= 11 is 0. The standard InChI is InChI=1S/C25H25FN2O5S/c1-17-3-12-23-22(15-17)28(34(30,31)21-10-8-20(32-2)9-11-21)16-24(33-23)25(29)27-14-13-18-4-6-19(26)7-5-18/h3-12,15,24H,13-14,16H2,1-2H3,(H,27,29)/t24-/m0/s1. The van der Waals surface area contributed by atoms with Crippen LogP contribution in [0.2, 0.25) is 0 Å². The topological polar surface area (TPSA) is 84.9 Å². The van der Waals surface area contributed by atoms with Crippen LogP contribution in [0.3, 0.4) is 0 Å². The van der Waals surface area contributed by atoms with Gasteiger partial charge in [-0.2, -0.15) is 0 Å². The minimum Gasteiger partial charge on any atom is -0.497 e. The molecule has 0 saturated carbocycles. The van der Waals surface area contributed by atoms with Crippen LogP contribution in [0.4, 0.5) is 10.1 Å². The van der Waals surface area contributed by atoms with E-state index >= 15 is 0 Å². The van der Waals surface area contributed by atoms with Gasteiger partial charge in [-0.3, -0.25) is 9.10 Å². The average molecular weight is 485 g/mol. The van der Waals surface area contributed by atoms with Crippen molar-refractivity contribution in [1.82, 2.24) is 5.32 Å². The molecule has 0 bridgehead atoms. The molecule has 0 fully saturated rings. The lowest BCUT2D eigenvalue weighted by Gasteiger charge is -2.35. The summed E-state index contributed by atoms with van der Waals surface area (Å²) in [6, 6.07) is 17.3. The molecule has 34 heavy (non-hydrogen) atoms. The third-order valence-corrected chi connectivity index (χ3v) is 7.34. The zero-order valence-corrected chi connectivity index (χ0v) is 19.6. The summed E-state index contributed by atoms with van der Waals surface area (Å²) in [7, 11) is -2.47. The molecule has 1 N–H and O–H groups in total. The molecule has 0 aliphatic carbocycles. The number of nitrogens with zero attached hydrogens (tertiary/aromatic N) is 1. The molecule has 3 aromatic rings. The maximum absolute atomic E-state index is 13.5. The van der Waals surface area contributed by atoms with Crippen molar-refractivity contribution < 1.29 is 27.1 Å². The fourth-order valence-electron chi connectivity index (χ4n) is 3.70. The average Bonchev–Trinajstić information content (AvgIpc) is 2.84. The number of benzene rings is 3. The molecule has 178 valence electrons. The van der Waals surface area contributed by atoms with Crippen LogP contribution in [-0.2, 0) is 21.2 Å². The van der Waals surface area contributed by atoms with Gasteiger partial charge < -0.3 is 14.8 Å². The number of aryl methyl sites for hydroxylation is 1. The van der Waals surface area contributed by atoms with Gasteiger partial charge in [-0.15, -0.1) is 0 Å². The first-order valence-corrected chi connectivity index (χ1v) is 12.2. The summed E-state index contributed by atoms with van der Waals surface area (Å²) in [5, 5.41) is 2.79. The number of hydrogen-bond acceptors (Lipinski definition) is 5. The van der Waals surface area contributed by atoms with E-state index < -0.39 is 22.0 Å². The molecule has 9 heteroatoms. The number of hydrogen-bond donors (Lipinski definition) is 1. The Balaban J connectivity index is 1.55. The smallest absolute Gasteiger partial charge is 0.264 e. The van der Waals surface area contributed by atoms with Crippen LogP contribution in [0, 0.1) is 12.7 Å². The van der Waals surface area contributed by atoms with Crippen LogP contribution in [0.1, 0.15) is 11.1 Å². The Morgan fingerprint density at radius 2 is 1.82 bits per heavy atom. The summed E-state index contributed by atoms with van der Waals surface area (Å²) < 4.78 is 52.3. The molecule has 0 spiro atoms. The molecule has 0 aromatic heterocycles. The van der Waals surface area contributed by atoms with Crippen molar-refractivity contribution in [2.45, 2.75) is 24.3 Å². The fourth-order valence-corrected chi connectivity index (χ4v) is 5.16. The largest absolute Gasteiger partial charge is 0.497 e. The molecule has 7 nitrogen and oxygen atoms in total. The monoisotopic (exact) mass is 484 g/mol. The van der Waals surface area contributed by atoms with E-state index in [0.717, 1.165) is 11.1 Å². The first-order chi connectivity index (χ1) is 16.3. The van der Waals surface area contributed by atoms with Crippen LogP contribution in [0.15, 0.2) is 71.6 Å². The molecule has 3 aromatic carbocycles. The normalized spacial score (nSPS) is 15.3. The van der Waals surface area contributed by atoms with Crippen molar-refractivity contribution in [1.29, 1.82) is 0 Å². The number of halogens is 1. The van der Waals surface area contributed by atoms with Crippen molar-refractivity contribution in [2.24, 2.45) is 0 Å². The summed E-state index contributed by atoms with van der Waals surface area (Å²) in [6.45, 7) is 1.98.